The van der Waals surface area contributed by atoms with E-state index in [-0.39, 0.29) is 40.5 Å². The van der Waals surface area contributed by atoms with Gasteiger partial charge in [-0.15, -0.1) is 0 Å². The lowest BCUT2D eigenvalue weighted by atomic mass is 10.1. The summed E-state index contributed by atoms with van der Waals surface area (Å²) >= 11 is 5.35. The van der Waals surface area contributed by atoms with Crippen molar-refractivity contribution in [3.8, 4) is 17.5 Å². The van der Waals surface area contributed by atoms with Crippen LogP contribution in [0.1, 0.15) is 31.2 Å². The van der Waals surface area contributed by atoms with E-state index in [9.17, 15) is 14.4 Å². The largest absolute Gasteiger partial charge is 0.460 e. The number of amides is 1. The predicted octanol–water partition coefficient (Wildman–Crippen LogP) is 3.77. The van der Waals surface area contributed by atoms with Crippen molar-refractivity contribution in [2.75, 3.05) is 13.1 Å². The lowest BCUT2D eigenvalue weighted by molar-refractivity contribution is -0.132. The highest BCUT2D eigenvalue weighted by Gasteiger charge is 2.26. The van der Waals surface area contributed by atoms with Crippen LogP contribution >= 0.6 is 12.2 Å². The van der Waals surface area contributed by atoms with Crippen molar-refractivity contribution in [2.45, 2.75) is 32.2 Å². The molecule has 3 aromatic rings. The van der Waals surface area contributed by atoms with Crippen LogP contribution in [0, 0.1) is 21.8 Å². The van der Waals surface area contributed by atoms with Crippen molar-refractivity contribution >= 4 is 29.2 Å². The second-order valence-electron chi connectivity index (χ2n) is 6.71. The number of nitriles is 1. The van der Waals surface area contributed by atoms with E-state index in [1.54, 1.807) is 4.57 Å². The number of likely N-dealkylation sites (tertiary alicyclic amines) is 1. The molecule has 0 unspecified atom stereocenters. The van der Waals surface area contributed by atoms with E-state index < -0.39 is 5.82 Å². The van der Waals surface area contributed by atoms with E-state index in [1.807, 2.05) is 4.90 Å². The van der Waals surface area contributed by atoms with Gasteiger partial charge in [-0.1, -0.05) is 12.2 Å². The zero-order valence-corrected chi connectivity index (χ0v) is 15.9. The summed E-state index contributed by atoms with van der Waals surface area (Å²) in [5.74, 6) is -0.604. The maximum atomic E-state index is 14.3. The molecule has 0 aromatic carbocycles. The van der Waals surface area contributed by atoms with Gasteiger partial charge in [0, 0.05) is 32.1 Å². The Morgan fingerprint density at radius 1 is 1.39 bits per heavy atom. The number of aromatic amines is 1. The first kappa shape index (κ1) is 18.4. The molecule has 7 nitrogen and oxygen atoms in total. The predicted molar refractivity (Wildman–Crippen MR) is 102 cm³/mol. The molecule has 3 aromatic heterocycles. The Bertz CT molecular complexity index is 1130. The standard InChI is InChI=1S/C19H18FN5O2S/c20-13-5-9-27-18(13)16-12(10-21)15-17(19(28)23-11-22-15)25(16)8-4-14(26)24-6-2-1-3-7-24/h5,9,11H,1-4,6-8H2,(H,22,23,28). The van der Waals surface area contributed by atoms with E-state index in [0.29, 0.717) is 11.0 Å². The first-order chi connectivity index (χ1) is 13.6. The lowest BCUT2D eigenvalue weighted by Crippen LogP contribution is -2.36. The number of halogens is 1. The molecule has 144 valence electrons. The fraction of sp³-hybridized carbons (Fsp3) is 0.368. The summed E-state index contributed by atoms with van der Waals surface area (Å²) < 4.78 is 21.6. The topological polar surface area (TPSA) is 90.8 Å². The third kappa shape index (κ3) is 3.10. The summed E-state index contributed by atoms with van der Waals surface area (Å²) in [4.78, 5) is 21.5. The van der Waals surface area contributed by atoms with Crippen LogP contribution in [0.25, 0.3) is 22.5 Å². The molecule has 1 fully saturated rings. The molecule has 9 heteroatoms. The van der Waals surface area contributed by atoms with E-state index >= 15 is 0 Å². The average molecular weight is 399 g/mol. The van der Waals surface area contributed by atoms with Gasteiger partial charge >= 0.3 is 0 Å². The zero-order chi connectivity index (χ0) is 19.7. The number of piperidine rings is 1. The smallest absolute Gasteiger partial charge is 0.224 e. The van der Waals surface area contributed by atoms with Crippen molar-refractivity contribution in [1.29, 1.82) is 5.26 Å². The summed E-state index contributed by atoms with van der Waals surface area (Å²) in [6.07, 6.45) is 6.00. The number of nitrogens with one attached hydrogen (secondary N) is 1. The van der Waals surface area contributed by atoms with Gasteiger partial charge in [-0.3, -0.25) is 4.79 Å². The minimum Gasteiger partial charge on any atom is -0.460 e. The van der Waals surface area contributed by atoms with Gasteiger partial charge in [-0.2, -0.15) is 5.26 Å². The molecule has 0 bridgehead atoms. The Kier molecular flexibility index (Phi) is 4.96. The summed E-state index contributed by atoms with van der Waals surface area (Å²) in [6.45, 7) is 1.76. The van der Waals surface area contributed by atoms with E-state index in [0.717, 1.165) is 32.4 Å². The van der Waals surface area contributed by atoms with Crippen molar-refractivity contribution in [3.05, 3.63) is 34.7 Å². The number of H-pyrrole nitrogens is 1. The third-order valence-electron chi connectivity index (χ3n) is 5.06. The van der Waals surface area contributed by atoms with Crippen LogP contribution in [0.2, 0.25) is 0 Å². The molecule has 1 aliphatic heterocycles. The second kappa shape index (κ2) is 7.56. The van der Waals surface area contributed by atoms with Gasteiger partial charge in [0.1, 0.15) is 22.8 Å². The fourth-order valence-electron chi connectivity index (χ4n) is 3.74. The highest BCUT2D eigenvalue weighted by molar-refractivity contribution is 7.71. The van der Waals surface area contributed by atoms with Crippen molar-refractivity contribution in [1.82, 2.24) is 19.4 Å². The molecule has 1 aliphatic rings. The number of furan rings is 1. The molecule has 0 radical (unpaired) electrons. The van der Waals surface area contributed by atoms with Crippen LogP contribution < -0.4 is 0 Å². The summed E-state index contributed by atoms with van der Waals surface area (Å²) in [5, 5.41) is 9.71. The number of fused-ring (bicyclic) bond motifs is 1. The lowest BCUT2D eigenvalue weighted by Gasteiger charge is -2.27. The van der Waals surface area contributed by atoms with Crippen molar-refractivity contribution in [3.63, 3.8) is 0 Å². The zero-order valence-electron chi connectivity index (χ0n) is 15.1. The highest BCUT2D eigenvalue weighted by Crippen LogP contribution is 2.34. The minimum atomic E-state index is -0.582. The number of carbonyl (C=O) groups is 1. The number of aryl methyl sites for hydroxylation is 1. The fourth-order valence-corrected chi connectivity index (χ4v) is 4.00. The van der Waals surface area contributed by atoms with Crippen LogP contribution in [-0.4, -0.2) is 38.4 Å². The molecule has 1 saturated heterocycles. The van der Waals surface area contributed by atoms with Crippen LogP contribution in [0.5, 0.6) is 0 Å². The number of aromatic nitrogens is 3. The quantitative estimate of drug-likeness (QED) is 0.675. The number of carbonyl (C=O) groups excluding carboxylic acids is 1. The molecule has 1 N–H and O–H groups in total. The van der Waals surface area contributed by atoms with E-state index in [2.05, 4.69) is 16.0 Å². The van der Waals surface area contributed by atoms with Crippen LogP contribution in [0.15, 0.2) is 23.1 Å². The first-order valence-corrected chi connectivity index (χ1v) is 9.53. The van der Waals surface area contributed by atoms with Crippen LogP contribution in [0.3, 0.4) is 0 Å². The molecular formula is C19H18FN5O2S. The molecule has 0 atom stereocenters. The Morgan fingerprint density at radius 2 is 2.18 bits per heavy atom. The van der Waals surface area contributed by atoms with E-state index in [4.69, 9.17) is 16.6 Å². The van der Waals surface area contributed by atoms with Gasteiger partial charge in [0.25, 0.3) is 0 Å². The molecular weight excluding hydrogens is 381 g/mol. The SMILES string of the molecule is N#Cc1c(-c2occc2F)n(CCC(=O)N2CCCCC2)c2c(=S)nc[nH]c12. The van der Waals surface area contributed by atoms with Gasteiger partial charge in [-0.05, 0) is 19.3 Å². The van der Waals surface area contributed by atoms with E-state index in [1.165, 1.54) is 18.7 Å². The molecule has 0 spiro atoms. The van der Waals surface area contributed by atoms with Gasteiger partial charge in [0.2, 0.25) is 5.91 Å². The second-order valence-corrected chi connectivity index (χ2v) is 7.09. The van der Waals surface area contributed by atoms with Gasteiger partial charge in [0.05, 0.1) is 18.1 Å². The maximum absolute atomic E-state index is 14.3. The van der Waals surface area contributed by atoms with Crippen LogP contribution in [-0.2, 0) is 11.3 Å². The van der Waals surface area contributed by atoms with Gasteiger partial charge in [-0.25, -0.2) is 9.37 Å². The number of hydrogen-bond donors (Lipinski definition) is 1. The molecule has 4 heterocycles. The Labute approximate surface area is 165 Å². The number of hydrogen-bond acceptors (Lipinski definition) is 5. The third-order valence-corrected chi connectivity index (χ3v) is 5.36. The number of nitrogens with zero attached hydrogens (tertiary/aromatic N) is 4. The summed E-state index contributed by atoms with van der Waals surface area (Å²) in [5.41, 5.74) is 1.43. The molecule has 4 rings (SSSR count). The average Bonchev–Trinajstić information content (AvgIpc) is 3.27. The molecule has 0 aliphatic carbocycles. The Hall–Kier alpha value is -2.99. The number of rotatable bonds is 4. The van der Waals surface area contributed by atoms with Crippen molar-refractivity contribution in [2.24, 2.45) is 0 Å². The van der Waals surface area contributed by atoms with Gasteiger partial charge < -0.3 is 18.9 Å². The molecule has 0 saturated carbocycles. The minimum absolute atomic E-state index is 0.0321. The molecule has 1 amide bonds. The Morgan fingerprint density at radius 3 is 2.86 bits per heavy atom. The first-order valence-electron chi connectivity index (χ1n) is 9.13. The normalized spacial score (nSPS) is 14.4. The van der Waals surface area contributed by atoms with Crippen LogP contribution in [0.4, 0.5) is 4.39 Å². The monoisotopic (exact) mass is 399 g/mol. The Balaban J connectivity index is 1.80. The van der Waals surface area contributed by atoms with Crippen molar-refractivity contribution < 1.29 is 13.6 Å². The van der Waals surface area contributed by atoms with Gasteiger partial charge in [0.15, 0.2) is 16.2 Å². The molecule has 28 heavy (non-hydrogen) atoms. The summed E-state index contributed by atoms with van der Waals surface area (Å²) in [6, 6.07) is 3.29. The maximum Gasteiger partial charge on any atom is 0.224 e. The summed E-state index contributed by atoms with van der Waals surface area (Å²) in [7, 11) is 0. The highest BCUT2D eigenvalue weighted by atomic mass is 32.1.